The van der Waals surface area contributed by atoms with Crippen molar-refractivity contribution in [2.45, 2.75) is 25.4 Å². The zero-order valence-electron chi connectivity index (χ0n) is 20.1. The van der Waals surface area contributed by atoms with E-state index in [2.05, 4.69) is 36.0 Å². The molecule has 1 atom stereocenters. The minimum Gasteiger partial charge on any atom is -0.494 e. The number of nitrogens with zero attached hydrogens (tertiary/aromatic N) is 6. The third kappa shape index (κ3) is 5.13. The number of hydrogen-bond donors (Lipinski definition) is 2. The van der Waals surface area contributed by atoms with Gasteiger partial charge in [-0.1, -0.05) is 18.2 Å². The number of halogens is 1. The summed E-state index contributed by atoms with van der Waals surface area (Å²) in [4.78, 5) is 35.0. The molecule has 1 aliphatic carbocycles. The summed E-state index contributed by atoms with van der Waals surface area (Å²) < 4.78 is 18.6. The lowest BCUT2D eigenvalue weighted by Crippen LogP contribution is -2.29. The van der Waals surface area contributed by atoms with Crippen molar-refractivity contribution in [3.63, 3.8) is 0 Å². The lowest BCUT2D eigenvalue weighted by molar-refractivity contribution is 0.0931. The summed E-state index contributed by atoms with van der Waals surface area (Å²) in [5.74, 6) is -0.754. The first kappa shape index (κ1) is 24.0. The van der Waals surface area contributed by atoms with Crippen LogP contribution in [-0.4, -0.2) is 49.1 Å². The Bertz CT molecular complexity index is 1490. The Morgan fingerprint density at radius 1 is 1.11 bits per heavy atom. The highest BCUT2D eigenvalue weighted by molar-refractivity contribution is 5.97. The van der Waals surface area contributed by atoms with Gasteiger partial charge in [0.2, 0.25) is 5.82 Å². The van der Waals surface area contributed by atoms with E-state index in [-0.39, 0.29) is 29.7 Å². The number of amides is 2. The average molecular weight is 503 g/mol. The maximum absolute atomic E-state index is 13.6. The van der Waals surface area contributed by atoms with E-state index in [0.29, 0.717) is 11.4 Å². The van der Waals surface area contributed by atoms with Gasteiger partial charge in [-0.15, -0.1) is 10.2 Å². The maximum Gasteiger partial charge on any atom is 0.270 e. The first-order valence-corrected chi connectivity index (χ1v) is 11.5. The molecule has 1 aliphatic rings. The van der Waals surface area contributed by atoms with Crippen LogP contribution in [0.4, 0.5) is 4.39 Å². The van der Waals surface area contributed by atoms with Crippen LogP contribution in [0, 0.1) is 5.82 Å². The molecule has 4 aromatic rings. The van der Waals surface area contributed by atoms with E-state index in [4.69, 9.17) is 4.74 Å². The van der Waals surface area contributed by atoms with Crippen molar-refractivity contribution in [1.29, 1.82) is 0 Å². The van der Waals surface area contributed by atoms with Crippen LogP contribution in [-0.2, 0) is 20.0 Å². The monoisotopic (exact) mass is 502 g/mol. The molecule has 0 bridgehead atoms. The molecule has 11 nitrogen and oxygen atoms in total. The third-order valence-corrected chi connectivity index (χ3v) is 6.09. The summed E-state index contributed by atoms with van der Waals surface area (Å²) in [5, 5.41) is 17.9. The van der Waals surface area contributed by atoms with Gasteiger partial charge in [0.15, 0.2) is 11.6 Å². The number of fused-ring (bicyclic) bond motifs is 1. The second kappa shape index (κ2) is 10.1. The first-order valence-electron chi connectivity index (χ1n) is 11.5. The number of hydrogen-bond acceptors (Lipinski definition) is 8. The van der Waals surface area contributed by atoms with Gasteiger partial charge in [-0.2, -0.15) is 4.80 Å². The number of carbonyl (C=O) groups is 2. The van der Waals surface area contributed by atoms with Crippen LogP contribution >= 0.6 is 0 Å². The van der Waals surface area contributed by atoms with E-state index >= 15 is 0 Å². The van der Waals surface area contributed by atoms with Crippen molar-refractivity contribution in [2.75, 3.05) is 7.11 Å². The molecule has 0 aliphatic heterocycles. The fraction of sp³-hybridized carbons (Fsp3) is 0.240. The van der Waals surface area contributed by atoms with E-state index in [1.165, 1.54) is 36.4 Å². The van der Waals surface area contributed by atoms with Gasteiger partial charge in [0.05, 0.1) is 20.2 Å². The minimum absolute atomic E-state index is 0.0437. The van der Waals surface area contributed by atoms with Crippen molar-refractivity contribution >= 4 is 11.8 Å². The molecule has 2 heterocycles. The number of tetrazole rings is 1. The summed E-state index contributed by atoms with van der Waals surface area (Å²) >= 11 is 0. The van der Waals surface area contributed by atoms with E-state index in [9.17, 15) is 14.0 Å². The molecule has 2 aromatic heterocycles. The Labute approximate surface area is 211 Å². The number of methoxy groups -OCH3 is 1. The molecule has 188 valence electrons. The average Bonchev–Trinajstić information content (AvgIpc) is 3.53. The van der Waals surface area contributed by atoms with Crippen LogP contribution < -0.4 is 15.4 Å². The molecule has 0 saturated heterocycles. The van der Waals surface area contributed by atoms with Gasteiger partial charge < -0.3 is 15.4 Å². The fourth-order valence-electron chi connectivity index (χ4n) is 4.23. The number of benzene rings is 2. The van der Waals surface area contributed by atoms with Crippen LogP contribution in [0.1, 0.15) is 50.1 Å². The van der Waals surface area contributed by atoms with Gasteiger partial charge in [0.25, 0.3) is 11.8 Å². The Hall–Kier alpha value is -4.74. The number of rotatable bonds is 7. The van der Waals surface area contributed by atoms with Crippen LogP contribution in [0.3, 0.4) is 0 Å². The second-order valence-electron chi connectivity index (χ2n) is 8.52. The topological polar surface area (TPSA) is 137 Å². The molecule has 0 radical (unpaired) electrons. The molecule has 12 heteroatoms. The Kier molecular flexibility index (Phi) is 6.54. The summed E-state index contributed by atoms with van der Waals surface area (Å²) in [6.45, 7) is 0.131. The molecule has 2 N–H and O–H groups in total. The van der Waals surface area contributed by atoms with Crippen molar-refractivity contribution < 1.29 is 18.7 Å². The number of carbonyl (C=O) groups excluding carboxylic acids is 2. The minimum atomic E-state index is -0.490. The van der Waals surface area contributed by atoms with E-state index in [1.807, 2.05) is 18.2 Å². The highest BCUT2D eigenvalue weighted by atomic mass is 19.1. The van der Waals surface area contributed by atoms with Gasteiger partial charge in [-0.05, 0) is 52.9 Å². The summed E-state index contributed by atoms with van der Waals surface area (Å²) in [6.07, 6.45) is 2.70. The predicted molar refractivity (Wildman–Crippen MR) is 129 cm³/mol. The molecular weight excluding hydrogens is 479 g/mol. The van der Waals surface area contributed by atoms with Crippen molar-refractivity contribution in [3.05, 3.63) is 82.7 Å². The molecule has 0 spiro atoms. The van der Waals surface area contributed by atoms with E-state index in [0.717, 1.165) is 29.5 Å². The van der Waals surface area contributed by atoms with Gasteiger partial charge >= 0.3 is 0 Å². The molecule has 2 amide bonds. The summed E-state index contributed by atoms with van der Waals surface area (Å²) in [7, 11) is 3.08. The Morgan fingerprint density at radius 2 is 1.92 bits per heavy atom. The van der Waals surface area contributed by atoms with Crippen molar-refractivity contribution in [3.8, 4) is 17.1 Å². The van der Waals surface area contributed by atoms with Gasteiger partial charge in [0, 0.05) is 18.2 Å². The van der Waals surface area contributed by atoms with Crippen LogP contribution in [0.2, 0.25) is 0 Å². The van der Waals surface area contributed by atoms with Crippen LogP contribution in [0.25, 0.3) is 11.4 Å². The smallest absolute Gasteiger partial charge is 0.270 e. The lowest BCUT2D eigenvalue weighted by Gasteiger charge is -2.14. The van der Waals surface area contributed by atoms with E-state index in [1.54, 1.807) is 13.1 Å². The second-order valence-corrected chi connectivity index (χ2v) is 8.52. The molecule has 0 fully saturated rings. The third-order valence-electron chi connectivity index (χ3n) is 6.09. The number of nitrogens with one attached hydrogen (secondary N) is 2. The van der Waals surface area contributed by atoms with Crippen LogP contribution in [0.15, 0.2) is 48.8 Å². The Morgan fingerprint density at radius 3 is 2.68 bits per heavy atom. The molecule has 0 unspecified atom stereocenters. The zero-order valence-corrected chi connectivity index (χ0v) is 20.1. The standard InChI is InChI=1S/C25H23FN8O3/c1-34-32-23(31-33-34)16-4-6-17-15(10-16)5-8-19(17)30-25(36)21-11-20(28-13-29-21)24(35)27-12-14-3-7-18(26)22(9-14)37-2/h3-4,6-7,9-11,13,19H,5,8,12H2,1-2H3,(H,27,35)(H,30,36)/t19-/m0/s1. The summed E-state index contributed by atoms with van der Waals surface area (Å²) in [5.41, 5.74) is 3.76. The van der Waals surface area contributed by atoms with Gasteiger partial charge in [-0.25, -0.2) is 14.4 Å². The fourth-order valence-corrected chi connectivity index (χ4v) is 4.23. The SMILES string of the molecule is COc1cc(CNC(=O)c2cc(C(=O)N[C@H]3CCc4cc(-c5nnn(C)n5)ccc43)ncn2)ccc1F. The largest absolute Gasteiger partial charge is 0.494 e. The molecule has 5 rings (SSSR count). The highest BCUT2D eigenvalue weighted by Gasteiger charge is 2.26. The summed E-state index contributed by atoms with van der Waals surface area (Å²) in [6, 6.07) is 11.3. The van der Waals surface area contributed by atoms with Crippen molar-refractivity contribution in [1.82, 2.24) is 40.8 Å². The lowest BCUT2D eigenvalue weighted by atomic mass is 10.0. The maximum atomic E-state index is 13.6. The molecule has 37 heavy (non-hydrogen) atoms. The van der Waals surface area contributed by atoms with Gasteiger partial charge in [0.1, 0.15) is 17.7 Å². The normalized spacial score (nSPS) is 14.2. The van der Waals surface area contributed by atoms with Gasteiger partial charge in [-0.3, -0.25) is 9.59 Å². The predicted octanol–water partition coefficient (Wildman–Crippen LogP) is 2.16. The van der Waals surface area contributed by atoms with E-state index < -0.39 is 17.6 Å². The molecular formula is C25H23FN8O3. The Balaban J connectivity index is 1.23. The van der Waals surface area contributed by atoms with Crippen LogP contribution in [0.5, 0.6) is 5.75 Å². The number of ether oxygens (including phenoxy) is 1. The molecule has 0 saturated carbocycles. The number of aromatic nitrogens is 6. The number of aryl methyl sites for hydroxylation is 2. The molecule has 2 aromatic carbocycles. The zero-order chi connectivity index (χ0) is 25.9. The first-order chi connectivity index (χ1) is 17.9. The highest BCUT2D eigenvalue weighted by Crippen LogP contribution is 2.33. The quantitative estimate of drug-likeness (QED) is 0.392. The van der Waals surface area contributed by atoms with Crippen molar-refractivity contribution in [2.24, 2.45) is 7.05 Å².